The Morgan fingerprint density at radius 2 is 2.17 bits per heavy atom. The van der Waals surface area contributed by atoms with Gasteiger partial charge in [0, 0.05) is 16.5 Å². The fraction of sp³-hybridized carbons (Fsp3) is 0.250. The molecule has 0 bridgehead atoms. The maximum Gasteiger partial charge on any atom is 0.214 e. The smallest absolute Gasteiger partial charge is 0.214 e. The van der Waals surface area contributed by atoms with Crippen molar-refractivity contribution in [2.45, 2.75) is 26.8 Å². The lowest BCUT2D eigenvalue weighted by molar-refractivity contribution is 0.521. The Hall–Kier alpha value is -1.86. The lowest BCUT2D eigenvalue weighted by Crippen LogP contribution is -2.16. The normalized spacial score (nSPS) is 10.9. The quantitative estimate of drug-likeness (QED) is 0.623. The third-order valence-corrected chi connectivity index (χ3v) is 4.74. The molecule has 0 amide bonds. The number of nitrogens with zero attached hydrogens (tertiary/aromatic N) is 2. The number of nitrogens with one attached hydrogen (secondary N) is 2. The second kappa shape index (κ2) is 6.72. The molecule has 0 aliphatic carbocycles. The van der Waals surface area contributed by atoms with Crippen LogP contribution in [-0.2, 0) is 13.0 Å². The van der Waals surface area contributed by atoms with E-state index in [1.54, 1.807) is 4.68 Å². The van der Waals surface area contributed by atoms with E-state index in [9.17, 15) is 0 Å². The Kier molecular flexibility index (Phi) is 4.68. The van der Waals surface area contributed by atoms with Crippen LogP contribution in [0.5, 0.6) is 0 Å². The Balaban J connectivity index is 1.76. The first kappa shape index (κ1) is 16.0. The largest absolute Gasteiger partial charge is 0.459 e. The minimum Gasteiger partial charge on any atom is -0.459 e. The van der Waals surface area contributed by atoms with Crippen molar-refractivity contribution >= 4 is 28.1 Å². The molecule has 23 heavy (non-hydrogen) atoms. The second-order valence-electron chi connectivity index (χ2n) is 5.20. The first-order valence-corrected chi connectivity index (χ1v) is 8.54. The summed E-state index contributed by atoms with van der Waals surface area (Å²) in [5.41, 5.74) is 5.47. The molecule has 2 N–H and O–H groups in total. The summed E-state index contributed by atoms with van der Waals surface area (Å²) in [7, 11) is 0. The SMILES string of the molecule is CCc1n[nH]c(=S)n1NCc1ccc(-c2ccc(Br)c(C)c2)o1. The van der Waals surface area contributed by atoms with Gasteiger partial charge < -0.3 is 9.84 Å². The molecule has 120 valence electrons. The standard InChI is InChI=1S/C16H17BrN4OS/c1-3-15-19-20-16(23)21(15)18-9-12-5-7-14(22-12)11-4-6-13(17)10(2)8-11/h4-8,18H,3,9H2,1-2H3,(H,20,23). The van der Waals surface area contributed by atoms with Crippen LogP contribution < -0.4 is 5.43 Å². The van der Waals surface area contributed by atoms with Gasteiger partial charge in [-0.25, -0.2) is 4.68 Å². The van der Waals surface area contributed by atoms with E-state index in [1.165, 1.54) is 5.56 Å². The number of aryl methyl sites for hydroxylation is 2. The van der Waals surface area contributed by atoms with Crippen molar-refractivity contribution in [3.63, 3.8) is 0 Å². The van der Waals surface area contributed by atoms with Crippen molar-refractivity contribution in [1.82, 2.24) is 14.9 Å². The van der Waals surface area contributed by atoms with Gasteiger partial charge in [0.2, 0.25) is 4.77 Å². The number of aromatic amines is 1. The Bertz CT molecular complexity index is 880. The number of hydrogen-bond donors (Lipinski definition) is 2. The Morgan fingerprint density at radius 1 is 1.35 bits per heavy atom. The minimum atomic E-state index is 0.538. The number of benzene rings is 1. The van der Waals surface area contributed by atoms with Crippen LogP contribution in [0.4, 0.5) is 0 Å². The van der Waals surface area contributed by atoms with E-state index < -0.39 is 0 Å². The van der Waals surface area contributed by atoms with Gasteiger partial charge in [0.1, 0.15) is 11.5 Å². The number of hydrogen-bond acceptors (Lipinski definition) is 4. The highest BCUT2D eigenvalue weighted by atomic mass is 79.9. The predicted octanol–water partition coefficient (Wildman–Crippen LogP) is 4.58. The molecule has 3 aromatic rings. The van der Waals surface area contributed by atoms with Crippen LogP contribution in [-0.4, -0.2) is 14.9 Å². The van der Waals surface area contributed by atoms with Crippen molar-refractivity contribution in [2.24, 2.45) is 0 Å². The van der Waals surface area contributed by atoms with Crippen LogP contribution >= 0.6 is 28.1 Å². The summed E-state index contributed by atoms with van der Waals surface area (Å²) in [5, 5.41) is 6.95. The first-order chi connectivity index (χ1) is 11.1. The zero-order valence-corrected chi connectivity index (χ0v) is 15.3. The van der Waals surface area contributed by atoms with Crippen LogP contribution in [0.1, 0.15) is 24.1 Å². The maximum absolute atomic E-state index is 5.92. The molecule has 0 saturated carbocycles. The summed E-state index contributed by atoms with van der Waals surface area (Å²) < 4.78 is 9.35. The monoisotopic (exact) mass is 392 g/mol. The van der Waals surface area contributed by atoms with E-state index >= 15 is 0 Å². The fourth-order valence-corrected chi connectivity index (χ4v) is 2.77. The molecular formula is C16H17BrN4OS. The Morgan fingerprint density at radius 3 is 2.91 bits per heavy atom. The minimum absolute atomic E-state index is 0.538. The molecule has 2 heterocycles. The number of aromatic nitrogens is 3. The van der Waals surface area contributed by atoms with Gasteiger partial charge in [0.25, 0.3) is 0 Å². The van der Waals surface area contributed by atoms with Crippen molar-refractivity contribution in [1.29, 1.82) is 0 Å². The molecule has 5 nitrogen and oxygen atoms in total. The number of furan rings is 1. The lowest BCUT2D eigenvalue weighted by Gasteiger charge is -2.07. The summed E-state index contributed by atoms with van der Waals surface area (Å²) in [4.78, 5) is 0. The molecule has 1 aromatic carbocycles. The first-order valence-electron chi connectivity index (χ1n) is 7.34. The average molecular weight is 393 g/mol. The van der Waals surface area contributed by atoms with Crippen molar-refractivity contribution < 1.29 is 4.42 Å². The van der Waals surface area contributed by atoms with E-state index in [-0.39, 0.29) is 0 Å². The van der Waals surface area contributed by atoms with Crippen molar-refractivity contribution in [3.05, 3.63) is 56.7 Å². The van der Waals surface area contributed by atoms with E-state index in [0.29, 0.717) is 11.3 Å². The number of halogens is 1. The molecule has 0 aliphatic heterocycles. The molecule has 7 heteroatoms. The number of rotatable bonds is 5. The fourth-order valence-electron chi connectivity index (χ4n) is 2.31. The highest BCUT2D eigenvalue weighted by molar-refractivity contribution is 9.10. The highest BCUT2D eigenvalue weighted by Gasteiger charge is 2.08. The molecule has 2 aromatic heterocycles. The highest BCUT2D eigenvalue weighted by Crippen LogP contribution is 2.26. The zero-order chi connectivity index (χ0) is 16.4. The van der Waals surface area contributed by atoms with E-state index in [4.69, 9.17) is 16.6 Å². The van der Waals surface area contributed by atoms with E-state index in [1.807, 2.05) is 31.2 Å². The Labute approximate surface area is 147 Å². The van der Waals surface area contributed by atoms with Gasteiger partial charge in [-0.1, -0.05) is 28.9 Å². The van der Waals surface area contributed by atoms with Crippen LogP contribution in [0, 0.1) is 11.7 Å². The van der Waals surface area contributed by atoms with Crippen molar-refractivity contribution in [3.8, 4) is 11.3 Å². The molecule has 0 unspecified atom stereocenters. The molecule has 0 fully saturated rings. The molecule has 3 rings (SSSR count). The average Bonchev–Trinajstić information content (AvgIpc) is 3.14. The molecule has 0 radical (unpaired) electrons. The van der Waals surface area contributed by atoms with Crippen LogP contribution in [0.2, 0.25) is 0 Å². The van der Waals surface area contributed by atoms with Gasteiger partial charge in [0.05, 0.1) is 6.54 Å². The zero-order valence-electron chi connectivity index (χ0n) is 12.9. The van der Waals surface area contributed by atoms with E-state index in [0.717, 1.165) is 33.8 Å². The van der Waals surface area contributed by atoms with Gasteiger partial charge in [-0.15, -0.1) is 0 Å². The van der Waals surface area contributed by atoms with Crippen molar-refractivity contribution in [2.75, 3.05) is 5.43 Å². The van der Waals surface area contributed by atoms with Crippen LogP contribution in [0.15, 0.2) is 39.2 Å². The second-order valence-corrected chi connectivity index (χ2v) is 6.44. The molecular weight excluding hydrogens is 376 g/mol. The predicted molar refractivity (Wildman–Crippen MR) is 96.4 cm³/mol. The van der Waals surface area contributed by atoms with Crippen LogP contribution in [0.3, 0.4) is 0 Å². The van der Waals surface area contributed by atoms with Gasteiger partial charge in [0.15, 0.2) is 5.82 Å². The lowest BCUT2D eigenvalue weighted by atomic mass is 10.1. The van der Waals surface area contributed by atoms with Gasteiger partial charge in [-0.2, -0.15) is 5.10 Å². The summed E-state index contributed by atoms with van der Waals surface area (Å²) in [6.07, 6.45) is 0.793. The summed E-state index contributed by atoms with van der Waals surface area (Å²) in [5.74, 6) is 2.56. The van der Waals surface area contributed by atoms with Gasteiger partial charge >= 0.3 is 0 Å². The molecule has 0 saturated heterocycles. The van der Waals surface area contributed by atoms with E-state index in [2.05, 4.69) is 44.5 Å². The molecule has 0 aliphatic rings. The maximum atomic E-state index is 5.92. The van der Waals surface area contributed by atoms with Gasteiger partial charge in [-0.05, 0) is 49.0 Å². The third-order valence-electron chi connectivity index (χ3n) is 3.57. The molecule has 0 spiro atoms. The topological polar surface area (TPSA) is 58.8 Å². The molecule has 0 atom stereocenters. The van der Waals surface area contributed by atoms with Crippen LogP contribution in [0.25, 0.3) is 11.3 Å². The number of H-pyrrole nitrogens is 1. The summed E-state index contributed by atoms with van der Waals surface area (Å²) in [6.45, 7) is 4.63. The summed E-state index contributed by atoms with van der Waals surface area (Å²) in [6, 6.07) is 10.1. The third kappa shape index (κ3) is 3.40. The summed E-state index contributed by atoms with van der Waals surface area (Å²) >= 11 is 8.72. The van der Waals surface area contributed by atoms with Gasteiger partial charge in [-0.3, -0.25) is 5.10 Å².